The molecule has 2 aliphatic rings. The summed E-state index contributed by atoms with van der Waals surface area (Å²) in [4.78, 5) is 4.53. The average Bonchev–Trinajstić information content (AvgIpc) is 2.80. The fourth-order valence-corrected chi connectivity index (χ4v) is 2.93. The SMILES string of the molecule is CC(C)(C)N1CCC(OCCN2CCC(F)(F)CC2)C1. The molecule has 5 heteroatoms. The van der Waals surface area contributed by atoms with Gasteiger partial charge in [-0.2, -0.15) is 0 Å². The van der Waals surface area contributed by atoms with Crippen LogP contribution in [0.3, 0.4) is 0 Å². The summed E-state index contributed by atoms with van der Waals surface area (Å²) < 4.78 is 32.0. The lowest BCUT2D eigenvalue weighted by Crippen LogP contribution is -2.42. The van der Waals surface area contributed by atoms with Crippen molar-refractivity contribution in [2.24, 2.45) is 0 Å². The maximum atomic E-state index is 13.0. The van der Waals surface area contributed by atoms with Crippen LogP contribution in [0.15, 0.2) is 0 Å². The second kappa shape index (κ2) is 6.24. The van der Waals surface area contributed by atoms with Crippen molar-refractivity contribution >= 4 is 0 Å². The summed E-state index contributed by atoms with van der Waals surface area (Å²) >= 11 is 0. The predicted molar refractivity (Wildman–Crippen MR) is 76.3 cm³/mol. The summed E-state index contributed by atoms with van der Waals surface area (Å²) in [5, 5.41) is 0. The molecular formula is C15H28F2N2O. The average molecular weight is 290 g/mol. The van der Waals surface area contributed by atoms with Crippen LogP contribution in [0.4, 0.5) is 8.78 Å². The number of likely N-dealkylation sites (tertiary alicyclic amines) is 2. The Hall–Kier alpha value is -0.260. The van der Waals surface area contributed by atoms with E-state index in [-0.39, 0.29) is 18.4 Å². The molecule has 2 aliphatic heterocycles. The highest BCUT2D eigenvalue weighted by atomic mass is 19.3. The number of alkyl halides is 2. The summed E-state index contributed by atoms with van der Waals surface area (Å²) in [6, 6.07) is 0. The van der Waals surface area contributed by atoms with Gasteiger partial charge < -0.3 is 9.64 Å². The number of piperidine rings is 1. The minimum atomic E-state index is -2.45. The fraction of sp³-hybridized carbons (Fsp3) is 1.00. The van der Waals surface area contributed by atoms with E-state index in [4.69, 9.17) is 4.74 Å². The lowest BCUT2D eigenvalue weighted by atomic mass is 10.1. The lowest BCUT2D eigenvalue weighted by molar-refractivity contribution is -0.0610. The van der Waals surface area contributed by atoms with Crippen molar-refractivity contribution in [2.75, 3.05) is 39.3 Å². The van der Waals surface area contributed by atoms with Gasteiger partial charge in [-0.15, -0.1) is 0 Å². The first-order valence-corrected chi connectivity index (χ1v) is 7.73. The Bertz CT molecular complexity index is 307. The first-order chi connectivity index (χ1) is 9.26. The molecule has 0 N–H and O–H groups in total. The number of nitrogens with zero attached hydrogens (tertiary/aromatic N) is 2. The second-order valence-corrected chi connectivity index (χ2v) is 7.10. The minimum absolute atomic E-state index is 0.00572. The summed E-state index contributed by atoms with van der Waals surface area (Å²) in [6.07, 6.45) is 1.37. The van der Waals surface area contributed by atoms with Crippen LogP contribution in [-0.2, 0) is 4.74 Å². The number of hydrogen-bond acceptors (Lipinski definition) is 3. The van der Waals surface area contributed by atoms with Gasteiger partial charge in [0.2, 0.25) is 0 Å². The van der Waals surface area contributed by atoms with Crippen molar-refractivity contribution in [1.82, 2.24) is 9.80 Å². The Labute approximate surface area is 121 Å². The van der Waals surface area contributed by atoms with Gasteiger partial charge >= 0.3 is 0 Å². The topological polar surface area (TPSA) is 15.7 Å². The highest BCUT2D eigenvalue weighted by Gasteiger charge is 2.34. The summed E-state index contributed by atoms with van der Waals surface area (Å²) in [7, 11) is 0. The molecule has 3 nitrogen and oxygen atoms in total. The zero-order chi connectivity index (χ0) is 14.8. The van der Waals surface area contributed by atoms with E-state index in [1.54, 1.807) is 0 Å². The van der Waals surface area contributed by atoms with Gasteiger partial charge in [0.1, 0.15) is 0 Å². The van der Waals surface area contributed by atoms with Crippen molar-refractivity contribution in [3.63, 3.8) is 0 Å². The molecule has 0 aromatic rings. The molecule has 0 radical (unpaired) electrons. The molecule has 2 rings (SSSR count). The Morgan fingerprint density at radius 2 is 1.80 bits per heavy atom. The Balaban J connectivity index is 1.61. The Morgan fingerprint density at radius 3 is 2.35 bits per heavy atom. The van der Waals surface area contributed by atoms with Crippen LogP contribution in [0.5, 0.6) is 0 Å². The molecule has 118 valence electrons. The normalized spacial score (nSPS) is 28.9. The van der Waals surface area contributed by atoms with E-state index >= 15 is 0 Å². The molecule has 0 aromatic carbocycles. The molecule has 2 heterocycles. The van der Waals surface area contributed by atoms with E-state index < -0.39 is 5.92 Å². The van der Waals surface area contributed by atoms with E-state index in [1.807, 2.05) is 0 Å². The van der Waals surface area contributed by atoms with Gasteiger partial charge in [0, 0.05) is 51.1 Å². The molecule has 0 spiro atoms. The van der Waals surface area contributed by atoms with E-state index in [0.717, 1.165) is 26.1 Å². The quantitative estimate of drug-likeness (QED) is 0.791. The summed E-state index contributed by atoms with van der Waals surface area (Å²) in [6.45, 7) is 11.2. The van der Waals surface area contributed by atoms with E-state index in [9.17, 15) is 8.78 Å². The molecule has 0 amide bonds. The molecule has 2 fully saturated rings. The molecule has 0 aliphatic carbocycles. The van der Waals surface area contributed by atoms with Gasteiger partial charge in [-0.05, 0) is 27.2 Å². The highest BCUT2D eigenvalue weighted by Crippen LogP contribution is 2.27. The van der Waals surface area contributed by atoms with Crippen LogP contribution in [-0.4, -0.2) is 66.7 Å². The van der Waals surface area contributed by atoms with Gasteiger partial charge in [-0.1, -0.05) is 0 Å². The van der Waals surface area contributed by atoms with Gasteiger partial charge in [0.05, 0.1) is 12.7 Å². The zero-order valence-corrected chi connectivity index (χ0v) is 13.0. The smallest absolute Gasteiger partial charge is 0.250 e. The van der Waals surface area contributed by atoms with Gasteiger partial charge in [0.25, 0.3) is 5.92 Å². The fourth-order valence-electron chi connectivity index (χ4n) is 2.93. The van der Waals surface area contributed by atoms with Crippen molar-refractivity contribution in [2.45, 2.75) is 57.6 Å². The van der Waals surface area contributed by atoms with Crippen molar-refractivity contribution < 1.29 is 13.5 Å². The minimum Gasteiger partial charge on any atom is -0.376 e. The first-order valence-electron chi connectivity index (χ1n) is 7.73. The van der Waals surface area contributed by atoms with Crippen LogP contribution in [0.2, 0.25) is 0 Å². The van der Waals surface area contributed by atoms with Crippen LogP contribution >= 0.6 is 0 Å². The van der Waals surface area contributed by atoms with Crippen LogP contribution in [0, 0.1) is 0 Å². The standard InChI is InChI=1S/C15H28F2N2O/c1-14(2,3)19-7-4-13(12-19)20-11-10-18-8-5-15(16,17)6-9-18/h13H,4-12H2,1-3H3. The third-order valence-electron chi connectivity index (χ3n) is 4.44. The van der Waals surface area contributed by atoms with Crippen molar-refractivity contribution in [3.8, 4) is 0 Å². The molecule has 20 heavy (non-hydrogen) atoms. The number of rotatable bonds is 4. The third kappa shape index (κ3) is 4.64. The van der Waals surface area contributed by atoms with E-state index in [2.05, 4.69) is 30.6 Å². The van der Waals surface area contributed by atoms with Crippen LogP contribution < -0.4 is 0 Å². The van der Waals surface area contributed by atoms with Crippen LogP contribution in [0.1, 0.15) is 40.0 Å². The Kier molecular flexibility index (Phi) is 5.03. The summed E-state index contributed by atoms with van der Waals surface area (Å²) in [5.74, 6) is -2.45. The summed E-state index contributed by atoms with van der Waals surface area (Å²) in [5.41, 5.74) is 0.205. The first kappa shape index (κ1) is 16.1. The van der Waals surface area contributed by atoms with Crippen molar-refractivity contribution in [1.29, 1.82) is 0 Å². The number of halogens is 2. The highest BCUT2D eigenvalue weighted by molar-refractivity contribution is 4.85. The number of ether oxygens (including phenoxy) is 1. The molecule has 0 aromatic heterocycles. The van der Waals surface area contributed by atoms with E-state index in [1.165, 1.54) is 0 Å². The molecular weight excluding hydrogens is 262 g/mol. The van der Waals surface area contributed by atoms with Gasteiger partial charge in [0.15, 0.2) is 0 Å². The number of hydrogen-bond donors (Lipinski definition) is 0. The van der Waals surface area contributed by atoms with Crippen molar-refractivity contribution in [3.05, 3.63) is 0 Å². The lowest BCUT2D eigenvalue weighted by Gasteiger charge is -2.32. The Morgan fingerprint density at radius 1 is 1.15 bits per heavy atom. The van der Waals surface area contributed by atoms with Gasteiger partial charge in [-0.3, -0.25) is 4.90 Å². The van der Waals surface area contributed by atoms with Crippen LogP contribution in [0.25, 0.3) is 0 Å². The molecule has 0 bridgehead atoms. The molecule has 2 saturated heterocycles. The monoisotopic (exact) mass is 290 g/mol. The largest absolute Gasteiger partial charge is 0.376 e. The molecule has 1 atom stereocenters. The molecule has 0 saturated carbocycles. The maximum Gasteiger partial charge on any atom is 0.250 e. The van der Waals surface area contributed by atoms with Gasteiger partial charge in [-0.25, -0.2) is 8.78 Å². The molecule has 1 unspecified atom stereocenters. The van der Waals surface area contributed by atoms with E-state index in [0.29, 0.717) is 25.8 Å². The predicted octanol–water partition coefficient (Wildman–Crippen LogP) is 2.61. The zero-order valence-electron chi connectivity index (χ0n) is 13.0. The third-order valence-corrected chi connectivity index (χ3v) is 4.44. The maximum absolute atomic E-state index is 13.0. The second-order valence-electron chi connectivity index (χ2n) is 7.10.